The zero-order valence-corrected chi connectivity index (χ0v) is 27.2. The number of carbonyl (C=O) groups excluding carboxylic acids is 5. The molecule has 0 spiro atoms. The van der Waals surface area contributed by atoms with Gasteiger partial charge in [-0.15, -0.1) is 0 Å². The molecule has 14 heteroatoms. The maximum Gasteiger partial charge on any atom is 0.410 e. The third-order valence-corrected chi connectivity index (χ3v) is 8.64. The fraction of sp³-hybridized carbons (Fsp3) is 0.606. The minimum Gasteiger partial charge on any atom is -0.464 e. The highest BCUT2D eigenvalue weighted by molar-refractivity contribution is 5.96. The molecule has 0 aromatic heterocycles. The first kappa shape index (κ1) is 34.1. The van der Waals surface area contributed by atoms with Crippen LogP contribution in [0, 0.1) is 11.7 Å². The van der Waals surface area contributed by atoms with E-state index in [4.69, 9.17) is 18.9 Å². The molecule has 0 bridgehead atoms. The monoisotopic (exact) mass is 658 g/mol. The molecule has 3 aliphatic heterocycles. The predicted molar refractivity (Wildman–Crippen MR) is 164 cm³/mol. The van der Waals surface area contributed by atoms with Gasteiger partial charge < -0.3 is 34.5 Å². The van der Waals surface area contributed by atoms with Gasteiger partial charge in [0.25, 0.3) is 0 Å². The van der Waals surface area contributed by atoms with E-state index in [1.165, 1.54) is 15.9 Å². The Bertz CT molecular complexity index is 1430. The van der Waals surface area contributed by atoms with Crippen molar-refractivity contribution in [1.29, 1.82) is 0 Å². The Morgan fingerprint density at radius 3 is 2.68 bits per heavy atom. The van der Waals surface area contributed by atoms with Crippen molar-refractivity contribution >= 4 is 30.0 Å². The molecule has 0 radical (unpaired) electrons. The number of ether oxygens (including phenoxy) is 4. The van der Waals surface area contributed by atoms with E-state index in [1.54, 1.807) is 39.8 Å². The first-order valence-corrected chi connectivity index (χ1v) is 16.1. The number of alkyl carbamates (subject to hydrolysis) is 1. The summed E-state index contributed by atoms with van der Waals surface area (Å²) in [6, 6.07) is 2.38. The van der Waals surface area contributed by atoms with Crippen molar-refractivity contribution in [3.8, 4) is 0 Å². The first-order chi connectivity index (χ1) is 22.3. The van der Waals surface area contributed by atoms with Gasteiger partial charge in [0.05, 0.1) is 26.3 Å². The number of nitrogens with one attached hydrogen (secondary N) is 2. The summed E-state index contributed by atoms with van der Waals surface area (Å²) in [6.45, 7) is 7.38. The molecule has 13 nitrogen and oxygen atoms in total. The summed E-state index contributed by atoms with van der Waals surface area (Å²) < 4.78 is 36.6. The number of hydrogen-bond donors (Lipinski definition) is 2. The second kappa shape index (κ2) is 13.9. The van der Waals surface area contributed by atoms with Gasteiger partial charge in [-0.1, -0.05) is 24.3 Å². The average molecular weight is 659 g/mol. The summed E-state index contributed by atoms with van der Waals surface area (Å²) in [7, 11) is 0. The third kappa shape index (κ3) is 7.86. The second-order valence-electron chi connectivity index (χ2n) is 13.3. The molecule has 1 aromatic carbocycles. The van der Waals surface area contributed by atoms with Crippen LogP contribution in [0.3, 0.4) is 0 Å². The van der Waals surface area contributed by atoms with E-state index >= 15 is 0 Å². The number of halogens is 1. The number of amides is 4. The van der Waals surface area contributed by atoms with Crippen molar-refractivity contribution in [3.05, 3.63) is 47.3 Å². The van der Waals surface area contributed by atoms with Gasteiger partial charge in [0, 0.05) is 37.5 Å². The van der Waals surface area contributed by atoms with Crippen molar-refractivity contribution in [2.75, 3.05) is 26.4 Å². The van der Waals surface area contributed by atoms with E-state index in [1.807, 2.05) is 12.2 Å². The van der Waals surface area contributed by atoms with Gasteiger partial charge in [0.1, 0.15) is 35.1 Å². The van der Waals surface area contributed by atoms with Crippen molar-refractivity contribution in [3.63, 3.8) is 0 Å². The molecule has 256 valence electrons. The van der Waals surface area contributed by atoms with Gasteiger partial charge in [0.15, 0.2) is 0 Å². The van der Waals surface area contributed by atoms with Crippen LogP contribution >= 0.6 is 0 Å². The lowest BCUT2D eigenvalue weighted by Crippen LogP contribution is -2.57. The van der Waals surface area contributed by atoms with Gasteiger partial charge in [-0.25, -0.2) is 18.8 Å². The van der Waals surface area contributed by atoms with Crippen LogP contribution in [0.25, 0.3) is 0 Å². The lowest BCUT2D eigenvalue weighted by molar-refractivity contribution is -0.150. The Morgan fingerprint density at radius 2 is 1.96 bits per heavy atom. The number of nitrogens with zero attached hydrogens (tertiary/aromatic N) is 2. The number of fused-ring (bicyclic) bond motifs is 3. The Kier molecular flexibility index (Phi) is 10.1. The Labute approximate surface area is 273 Å². The van der Waals surface area contributed by atoms with Crippen molar-refractivity contribution in [2.24, 2.45) is 5.92 Å². The SMILES string of the molecule is CCOC(=O)[C@@]12C[C@@H]1/C=C\CCOCC[C@H](NC(=O)OC(C)(C)C)C(=O)N1C[C@H](OC(=O)N3Cc4cccc(F)c4C3)C[C@H]1C(=O)N2. The van der Waals surface area contributed by atoms with Crippen LogP contribution in [0.15, 0.2) is 30.4 Å². The van der Waals surface area contributed by atoms with E-state index in [0.717, 1.165) is 0 Å². The normalized spacial score (nSPS) is 28.4. The molecule has 47 heavy (non-hydrogen) atoms. The summed E-state index contributed by atoms with van der Waals surface area (Å²) >= 11 is 0. The van der Waals surface area contributed by atoms with Crippen molar-refractivity contribution in [1.82, 2.24) is 20.4 Å². The van der Waals surface area contributed by atoms with Crippen LogP contribution in [0.1, 0.15) is 64.5 Å². The zero-order chi connectivity index (χ0) is 33.9. The molecule has 2 N–H and O–H groups in total. The Hall–Kier alpha value is -4.20. The summed E-state index contributed by atoms with van der Waals surface area (Å²) in [6.07, 6.45) is 2.18. The molecular weight excluding hydrogens is 615 g/mol. The van der Waals surface area contributed by atoms with Crippen LogP contribution in [0.5, 0.6) is 0 Å². The van der Waals surface area contributed by atoms with Gasteiger partial charge in [-0.05, 0) is 52.2 Å². The van der Waals surface area contributed by atoms with E-state index in [0.29, 0.717) is 30.6 Å². The summed E-state index contributed by atoms with van der Waals surface area (Å²) in [5.41, 5.74) is -1.04. The quantitative estimate of drug-likeness (QED) is 0.283. The fourth-order valence-electron chi connectivity index (χ4n) is 6.24. The molecule has 1 aliphatic carbocycles. The van der Waals surface area contributed by atoms with Crippen LogP contribution < -0.4 is 10.6 Å². The highest BCUT2D eigenvalue weighted by Gasteiger charge is 2.62. The fourth-order valence-corrected chi connectivity index (χ4v) is 6.24. The van der Waals surface area contributed by atoms with E-state index in [-0.39, 0.29) is 51.6 Å². The molecular formula is C33H43FN4O9. The lowest BCUT2D eigenvalue weighted by atomic mass is 10.1. The molecule has 1 saturated heterocycles. The van der Waals surface area contributed by atoms with Gasteiger partial charge in [-0.3, -0.25) is 14.5 Å². The second-order valence-corrected chi connectivity index (χ2v) is 13.3. The minimum atomic E-state index is -1.30. The highest BCUT2D eigenvalue weighted by atomic mass is 19.1. The molecule has 5 atom stereocenters. The van der Waals surface area contributed by atoms with Gasteiger partial charge >= 0.3 is 18.2 Å². The summed E-state index contributed by atoms with van der Waals surface area (Å²) in [4.78, 5) is 69.8. The average Bonchev–Trinajstić information content (AvgIpc) is 3.31. The smallest absolute Gasteiger partial charge is 0.410 e. The van der Waals surface area contributed by atoms with E-state index in [2.05, 4.69) is 10.6 Å². The third-order valence-electron chi connectivity index (χ3n) is 8.64. The minimum absolute atomic E-state index is 0.0268. The molecule has 4 aliphatic rings. The molecule has 3 heterocycles. The number of benzene rings is 1. The standard InChI is InChI=1S/C33H43FN4O9/c1-5-45-29(41)33-16-21(33)10-6-7-13-44-14-12-25(35-30(42)47-32(2,3)4)28(40)38-18-22(15-26(38)27(39)36-33)46-31(43)37-17-20-9-8-11-24(34)23(20)19-37/h6,8-11,21-22,25-26H,5,7,12-19H2,1-4H3,(H,35,42)(H,36,39)/b10-6-/t21-,22+,25-,26-,33+/m0/s1. The summed E-state index contributed by atoms with van der Waals surface area (Å²) in [5, 5.41) is 5.47. The van der Waals surface area contributed by atoms with Crippen LogP contribution in [0.4, 0.5) is 14.0 Å². The Balaban J connectivity index is 1.38. The highest BCUT2D eigenvalue weighted by Crippen LogP contribution is 2.46. The van der Waals surface area contributed by atoms with E-state index < -0.39 is 65.1 Å². The zero-order valence-electron chi connectivity index (χ0n) is 27.2. The van der Waals surface area contributed by atoms with E-state index in [9.17, 15) is 28.4 Å². The first-order valence-electron chi connectivity index (χ1n) is 16.1. The summed E-state index contributed by atoms with van der Waals surface area (Å²) in [5.74, 6) is -2.51. The van der Waals surface area contributed by atoms with Crippen molar-refractivity contribution < 1.29 is 47.3 Å². The van der Waals surface area contributed by atoms with Crippen molar-refractivity contribution in [2.45, 2.75) is 95.8 Å². The molecule has 4 amide bonds. The topological polar surface area (TPSA) is 153 Å². The maximum atomic E-state index is 14.3. The molecule has 5 rings (SSSR count). The number of carbonyl (C=O) groups is 5. The molecule has 1 aromatic rings. The number of hydrogen-bond acceptors (Lipinski definition) is 9. The Morgan fingerprint density at radius 1 is 1.17 bits per heavy atom. The maximum absolute atomic E-state index is 14.3. The predicted octanol–water partition coefficient (Wildman–Crippen LogP) is 2.95. The van der Waals surface area contributed by atoms with Gasteiger partial charge in [0.2, 0.25) is 11.8 Å². The lowest BCUT2D eigenvalue weighted by Gasteiger charge is -2.30. The van der Waals surface area contributed by atoms with Crippen LogP contribution in [0.2, 0.25) is 0 Å². The van der Waals surface area contributed by atoms with Crippen LogP contribution in [-0.2, 0) is 46.4 Å². The van der Waals surface area contributed by atoms with Crippen LogP contribution in [-0.4, -0.2) is 95.5 Å². The molecule has 2 fully saturated rings. The molecule has 0 unspecified atom stereocenters. The number of esters is 1. The number of rotatable bonds is 4. The van der Waals surface area contributed by atoms with Gasteiger partial charge in [-0.2, -0.15) is 0 Å². The largest absolute Gasteiger partial charge is 0.464 e. The molecule has 1 saturated carbocycles.